The number of allylic oxidation sites excluding steroid dienone is 1. The van der Waals surface area contributed by atoms with Crippen LogP contribution < -0.4 is 10.5 Å². The first-order valence-electron chi connectivity index (χ1n) is 10.5. The Bertz CT molecular complexity index is 1210. The molecule has 7 heteroatoms. The molecule has 4 N–H and O–H groups in total. The van der Waals surface area contributed by atoms with Crippen molar-refractivity contribution >= 4 is 11.3 Å². The second-order valence-electron chi connectivity index (χ2n) is 10.2. The molecule has 6 nitrogen and oxygen atoms in total. The van der Waals surface area contributed by atoms with E-state index in [1.807, 2.05) is 29.6 Å². The lowest BCUT2D eigenvalue weighted by molar-refractivity contribution is 0.378. The Balaban J connectivity index is 2.05. The molecule has 4 rings (SSSR count). The number of H-pyrrole nitrogens is 1. The van der Waals surface area contributed by atoms with E-state index in [4.69, 9.17) is 10.5 Å². The third kappa shape index (κ3) is 3.55. The molecule has 3 heterocycles. The number of hydrogen-bond donors (Lipinski definition) is 3. The molecule has 0 fully saturated rings. The molecule has 3 aromatic rings. The molecular weight excluding hydrogens is 420 g/mol. The van der Waals surface area contributed by atoms with Crippen LogP contribution in [0.15, 0.2) is 41.1 Å². The van der Waals surface area contributed by atoms with Gasteiger partial charge in [-0.25, -0.2) is 0 Å². The number of ether oxygens (including phenoxy) is 1. The minimum absolute atomic E-state index is 0.0527. The number of hydrogen-bond acceptors (Lipinski definition) is 6. The second-order valence-corrected chi connectivity index (χ2v) is 11.1. The third-order valence-electron chi connectivity index (χ3n) is 5.79. The van der Waals surface area contributed by atoms with Gasteiger partial charge in [0.2, 0.25) is 11.8 Å². The first kappa shape index (κ1) is 22.0. The van der Waals surface area contributed by atoms with Gasteiger partial charge in [0.15, 0.2) is 0 Å². The van der Waals surface area contributed by atoms with Crippen molar-refractivity contribution in [2.24, 2.45) is 5.73 Å². The normalized spacial score (nSPS) is 16.5. The maximum Gasteiger partial charge on any atom is 0.244 e. The summed E-state index contributed by atoms with van der Waals surface area (Å²) >= 11 is 1.58. The highest BCUT2D eigenvalue weighted by atomic mass is 32.1. The first-order valence-corrected chi connectivity index (χ1v) is 11.4. The number of benzene rings is 1. The molecule has 0 saturated carbocycles. The molecule has 1 aliphatic heterocycles. The molecule has 32 heavy (non-hydrogen) atoms. The lowest BCUT2D eigenvalue weighted by atomic mass is 9.74. The molecule has 2 aromatic heterocycles. The molecule has 0 spiro atoms. The minimum Gasteiger partial charge on any atom is -0.507 e. The maximum absolute atomic E-state index is 11.2. The molecule has 1 aliphatic rings. The van der Waals surface area contributed by atoms with Crippen LogP contribution in [0.1, 0.15) is 69.7 Å². The van der Waals surface area contributed by atoms with Crippen LogP contribution in [0.4, 0.5) is 0 Å². The fraction of sp³-hybridized carbons (Fsp3) is 0.360. The molecule has 0 saturated heterocycles. The highest BCUT2D eigenvalue weighted by molar-refractivity contribution is 7.13. The predicted molar refractivity (Wildman–Crippen MR) is 127 cm³/mol. The van der Waals surface area contributed by atoms with Crippen molar-refractivity contribution in [3.8, 4) is 28.3 Å². The molecule has 0 aliphatic carbocycles. The summed E-state index contributed by atoms with van der Waals surface area (Å²) in [6.45, 7) is 12.4. The SMILES string of the molecule is CC(C)(C)c1cc(C2C(C#N)=C(N)Oc3n[nH]c(-c4cccs4)c32)cc(C(C)(C)C)c1O. The van der Waals surface area contributed by atoms with Gasteiger partial charge in [0.25, 0.3) is 0 Å². The Morgan fingerprint density at radius 3 is 2.28 bits per heavy atom. The van der Waals surface area contributed by atoms with E-state index >= 15 is 0 Å². The molecule has 166 valence electrons. The average molecular weight is 449 g/mol. The van der Waals surface area contributed by atoms with Crippen LogP contribution in [0.3, 0.4) is 0 Å². The molecule has 1 unspecified atom stereocenters. The number of fused-ring (bicyclic) bond motifs is 1. The van der Waals surface area contributed by atoms with Crippen LogP contribution in [-0.2, 0) is 10.8 Å². The molecule has 0 amide bonds. The zero-order valence-electron chi connectivity index (χ0n) is 19.2. The van der Waals surface area contributed by atoms with Gasteiger partial charge in [0, 0.05) is 0 Å². The quantitative estimate of drug-likeness (QED) is 0.469. The van der Waals surface area contributed by atoms with Crippen molar-refractivity contribution in [1.29, 1.82) is 5.26 Å². The lowest BCUT2D eigenvalue weighted by Crippen LogP contribution is -2.23. The van der Waals surface area contributed by atoms with Gasteiger partial charge in [0.05, 0.1) is 22.1 Å². The number of aromatic nitrogens is 2. The predicted octanol–water partition coefficient (Wildman–Crippen LogP) is 5.66. The lowest BCUT2D eigenvalue weighted by Gasteiger charge is -2.31. The Labute approximate surface area is 192 Å². The summed E-state index contributed by atoms with van der Waals surface area (Å²) in [6, 6.07) is 10.2. The van der Waals surface area contributed by atoms with Gasteiger partial charge in [-0.1, -0.05) is 59.7 Å². The number of aromatic hydroxyl groups is 1. The van der Waals surface area contributed by atoms with E-state index in [1.165, 1.54) is 0 Å². The van der Waals surface area contributed by atoms with Gasteiger partial charge in [-0.2, -0.15) is 5.26 Å². The van der Waals surface area contributed by atoms with E-state index in [0.29, 0.717) is 17.2 Å². The van der Waals surface area contributed by atoms with E-state index in [-0.39, 0.29) is 16.7 Å². The smallest absolute Gasteiger partial charge is 0.244 e. The van der Waals surface area contributed by atoms with Crippen molar-refractivity contribution in [3.05, 3.63) is 63.4 Å². The largest absolute Gasteiger partial charge is 0.507 e. The Morgan fingerprint density at radius 2 is 1.78 bits per heavy atom. The third-order valence-corrected chi connectivity index (χ3v) is 6.68. The van der Waals surface area contributed by atoms with Crippen LogP contribution in [0.5, 0.6) is 11.6 Å². The van der Waals surface area contributed by atoms with Crippen molar-refractivity contribution in [2.75, 3.05) is 0 Å². The summed E-state index contributed by atoms with van der Waals surface area (Å²) in [5.74, 6) is 0.249. The summed E-state index contributed by atoms with van der Waals surface area (Å²) in [4.78, 5) is 0.996. The fourth-order valence-electron chi connectivity index (χ4n) is 4.15. The van der Waals surface area contributed by atoms with Gasteiger partial charge in [0.1, 0.15) is 17.4 Å². The highest BCUT2D eigenvalue weighted by Crippen LogP contribution is 2.49. The van der Waals surface area contributed by atoms with Crippen LogP contribution in [0, 0.1) is 11.3 Å². The number of phenolic OH excluding ortho intramolecular Hbond substituents is 1. The Morgan fingerprint density at radius 1 is 1.16 bits per heavy atom. The fourth-order valence-corrected chi connectivity index (χ4v) is 4.89. The molecular formula is C25H28N4O2S. The zero-order valence-corrected chi connectivity index (χ0v) is 20.0. The number of nitrogens with zero attached hydrogens (tertiary/aromatic N) is 2. The van der Waals surface area contributed by atoms with Gasteiger partial charge in [-0.15, -0.1) is 16.4 Å². The van der Waals surface area contributed by atoms with E-state index in [1.54, 1.807) is 11.3 Å². The van der Waals surface area contributed by atoms with Gasteiger partial charge < -0.3 is 15.6 Å². The number of thiophene rings is 1. The molecule has 1 aromatic carbocycles. The Kier molecular flexibility index (Phi) is 5.09. The van der Waals surface area contributed by atoms with Crippen molar-refractivity contribution in [2.45, 2.75) is 58.3 Å². The van der Waals surface area contributed by atoms with Crippen molar-refractivity contribution in [1.82, 2.24) is 10.2 Å². The summed E-state index contributed by atoms with van der Waals surface area (Å²) in [5.41, 5.74) is 10.0. The average Bonchev–Trinajstić information content (AvgIpc) is 3.34. The summed E-state index contributed by atoms with van der Waals surface area (Å²) in [5, 5.41) is 30.6. The number of nitrogens with two attached hydrogens (primary N) is 1. The summed E-state index contributed by atoms with van der Waals surface area (Å²) < 4.78 is 5.73. The number of aromatic amines is 1. The molecule has 0 radical (unpaired) electrons. The number of nitrogens with one attached hydrogen (secondary N) is 1. The number of nitriles is 1. The summed E-state index contributed by atoms with van der Waals surface area (Å²) in [7, 11) is 0. The van der Waals surface area contributed by atoms with E-state index in [2.05, 4.69) is 57.8 Å². The van der Waals surface area contributed by atoms with E-state index in [0.717, 1.165) is 32.8 Å². The zero-order chi connectivity index (χ0) is 23.4. The standard InChI is InChI=1S/C25H28N4O2S/c1-24(2,3)15-10-13(11-16(21(15)30)25(4,5)6)18-14(12-26)22(27)31-23-19(18)20(28-29-23)17-8-7-9-32-17/h7-11,18,30H,27H2,1-6H3,(H,28,29). The van der Waals surface area contributed by atoms with E-state index < -0.39 is 5.92 Å². The van der Waals surface area contributed by atoms with Crippen LogP contribution in [0.25, 0.3) is 10.6 Å². The van der Waals surface area contributed by atoms with Gasteiger partial charge >= 0.3 is 0 Å². The molecule has 1 atom stereocenters. The van der Waals surface area contributed by atoms with Crippen molar-refractivity contribution in [3.63, 3.8) is 0 Å². The highest BCUT2D eigenvalue weighted by Gasteiger charge is 2.38. The number of rotatable bonds is 2. The van der Waals surface area contributed by atoms with Crippen LogP contribution in [-0.4, -0.2) is 15.3 Å². The van der Waals surface area contributed by atoms with E-state index in [9.17, 15) is 10.4 Å². The Hall–Kier alpha value is -3.24. The van der Waals surface area contributed by atoms with Crippen LogP contribution in [0.2, 0.25) is 0 Å². The van der Waals surface area contributed by atoms with Gasteiger partial charge in [-0.05, 0) is 39.0 Å². The maximum atomic E-state index is 11.2. The monoisotopic (exact) mass is 448 g/mol. The van der Waals surface area contributed by atoms with Crippen LogP contribution >= 0.6 is 11.3 Å². The number of phenols is 1. The molecule has 0 bridgehead atoms. The van der Waals surface area contributed by atoms with Gasteiger partial charge in [-0.3, -0.25) is 5.10 Å². The van der Waals surface area contributed by atoms with Crippen molar-refractivity contribution < 1.29 is 9.84 Å². The minimum atomic E-state index is -0.470. The topological polar surface area (TPSA) is 108 Å². The second kappa shape index (κ2) is 7.42. The summed E-state index contributed by atoms with van der Waals surface area (Å²) in [6.07, 6.45) is 0. The first-order chi connectivity index (χ1) is 14.9.